The van der Waals surface area contributed by atoms with Crippen LogP contribution in [-0.2, 0) is 0 Å². The molecule has 4 atom stereocenters. The maximum absolute atomic E-state index is 14.1. The first-order valence-corrected chi connectivity index (χ1v) is 14.0. The van der Waals surface area contributed by atoms with Gasteiger partial charge in [-0.15, -0.1) is 0 Å². The Morgan fingerprint density at radius 3 is 2.21 bits per heavy atom. The van der Waals surface area contributed by atoms with Gasteiger partial charge in [0.15, 0.2) is 11.6 Å². The summed E-state index contributed by atoms with van der Waals surface area (Å²) in [6.07, 6.45) is 19.9. The first-order chi connectivity index (χ1) is 16.1. The lowest BCUT2D eigenvalue weighted by atomic mass is 9.60. The van der Waals surface area contributed by atoms with Gasteiger partial charge in [-0.25, -0.2) is 8.78 Å². The Kier molecular flexibility index (Phi) is 7.38. The zero-order valence-electron chi connectivity index (χ0n) is 20.5. The molecule has 0 aliphatic heterocycles. The van der Waals surface area contributed by atoms with Crippen LogP contribution in [0.3, 0.4) is 0 Å². The predicted molar refractivity (Wildman–Crippen MR) is 134 cm³/mol. The second-order valence-electron chi connectivity index (χ2n) is 11.7. The quantitative estimate of drug-likeness (QED) is 0.383. The number of rotatable bonds is 6. The zero-order chi connectivity index (χ0) is 22.8. The molecule has 5 rings (SSSR count). The van der Waals surface area contributed by atoms with Crippen molar-refractivity contribution in [2.24, 2.45) is 29.6 Å². The number of hydrogen-bond acceptors (Lipinski definition) is 0. The topological polar surface area (TPSA) is 0 Å². The van der Waals surface area contributed by atoms with E-state index < -0.39 is 11.6 Å². The molecule has 3 aliphatic carbocycles. The van der Waals surface area contributed by atoms with Crippen molar-refractivity contribution in [2.45, 2.75) is 103 Å². The van der Waals surface area contributed by atoms with Gasteiger partial charge in [-0.05, 0) is 104 Å². The van der Waals surface area contributed by atoms with Crippen LogP contribution in [0.4, 0.5) is 8.78 Å². The number of fused-ring (bicyclic) bond motifs is 2. The Hall–Kier alpha value is -1.44. The molecule has 180 valence electrons. The minimum atomic E-state index is -0.752. The first-order valence-electron chi connectivity index (χ1n) is 14.0. The highest BCUT2D eigenvalue weighted by molar-refractivity contribution is 5.84. The van der Waals surface area contributed by atoms with E-state index in [-0.39, 0.29) is 0 Å². The monoisotopic (exact) mass is 452 g/mol. The van der Waals surface area contributed by atoms with Crippen LogP contribution < -0.4 is 0 Å². The molecule has 2 aromatic carbocycles. The van der Waals surface area contributed by atoms with E-state index in [2.05, 4.69) is 19.1 Å². The van der Waals surface area contributed by atoms with E-state index in [1.165, 1.54) is 102 Å². The fraction of sp³-hybridized carbons (Fsp3) is 0.677. The van der Waals surface area contributed by atoms with E-state index in [0.717, 1.165) is 35.0 Å². The largest absolute Gasteiger partial charge is 0.204 e. The van der Waals surface area contributed by atoms with Crippen LogP contribution in [0.5, 0.6) is 0 Å². The molecule has 3 aliphatic rings. The van der Waals surface area contributed by atoms with Gasteiger partial charge in [0.05, 0.1) is 0 Å². The van der Waals surface area contributed by atoms with Crippen LogP contribution in [0.25, 0.3) is 10.8 Å². The van der Waals surface area contributed by atoms with Gasteiger partial charge in [0.25, 0.3) is 0 Å². The van der Waals surface area contributed by atoms with Crippen LogP contribution in [-0.4, -0.2) is 0 Å². The maximum atomic E-state index is 14.1. The lowest BCUT2D eigenvalue weighted by Crippen LogP contribution is -2.34. The van der Waals surface area contributed by atoms with E-state index in [4.69, 9.17) is 0 Å². The van der Waals surface area contributed by atoms with Crippen LogP contribution in [0.15, 0.2) is 30.3 Å². The van der Waals surface area contributed by atoms with E-state index >= 15 is 0 Å². The Labute approximate surface area is 199 Å². The van der Waals surface area contributed by atoms with Gasteiger partial charge >= 0.3 is 0 Å². The fourth-order valence-electron chi connectivity index (χ4n) is 7.83. The van der Waals surface area contributed by atoms with Gasteiger partial charge < -0.3 is 0 Å². The number of unbranched alkanes of at least 4 members (excludes halogenated alkanes) is 2. The summed E-state index contributed by atoms with van der Waals surface area (Å²) in [5, 5.41) is 1.25. The van der Waals surface area contributed by atoms with Crippen molar-refractivity contribution in [3.05, 3.63) is 47.5 Å². The summed E-state index contributed by atoms with van der Waals surface area (Å²) in [6, 6.07) is 8.96. The molecule has 0 bridgehead atoms. The van der Waals surface area contributed by atoms with Crippen molar-refractivity contribution in [1.29, 1.82) is 0 Å². The number of hydrogen-bond donors (Lipinski definition) is 0. The van der Waals surface area contributed by atoms with Gasteiger partial charge in [-0.1, -0.05) is 69.7 Å². The Morgan fingerprint density at radius 2 is 1.42 bits per heavy atom. The van der Waals surface area contributed by atoms with E-state index in [1.54, 1.807) is 12.1 Å². The zero-order valence-corrected chi connectivity index (χ0v) is 20.5. The molecule has 0 aromatic heterocycles. The van der Waals surface area contributed by atoms with Crippen molar-refractivity contribution < 1.29 is 8.78 Å². The Bertz CT molecular complexity index is 926. The Balaban J connectivity index is 1.15. The van der Waals surface area contributed by atoms with Gasteiger partial charge in [-0.2, -0.15) is 0 Å². The average molecular weight is 453 g/mol. The molecule has 0 saturated heterocycles. The summed E-state index contributed by atoms with van der Waals surface area (Å²) in [4.78, 5) is 0. The molecular formula is C31H42F2. The van der Waals surface area contributed by atoms with Crippen LogP contribution in [0.2, 0.25) is 0 Å². The lowest BCUT2D eigenvalue weighted by Gasteiger charge is -2.45. The lowest BCUT2D eigenvalue weighted by molar-refractivity contribution is 0.0710. The minimum Gasteiger partial charge on any atom is -0.204 e. The van der Waals surface area contributed by atoms with Crippen molar-refractivity contribution >= 4 is 10.8 Å². The number of benzene rings is 2. The second-order valence-corrected chi connectivity index (χ2v) is 11.7. The molecule has 0 heterocycles. The van der Waals surface area contributed by atoms with Crippen LogP contribution in [0.1, 0.15) is 108 Å². The van der Waals surface area contributed by atoms with Crippen molar-refractivity contribution in [2.75, 3.05) is 0 Å². The maximum Gasteiger partial charge on any atom is 0.166 e. The summed E-state index contributed by atoms with van der Waals surface area (Å²) in [5.74, 6) is 3.92. The van der Waals surface area contributed by atoms with Crippen molar-refractivity contribution in [3.8, 4) is 0 Å². The van der Waals surface area contributed by atoms with Crippen molar-refractivity contribution in [1.82, 2.24) is 0 Å². The van der Waals surface area contributed by atoms with Gasteiger partial charge in [0.1, 0.15) is 0 Å². The second kappa shape index (κ2) is 10.4. The highest BCUT2D eigenvalue weighted by Crippen LogP contribution is 2.51. The molecule has 33 heavy (non-hydrogen) atoms. The molecule has 2 aromatic rings. The molecule has 4 unspecified atom stereocenters. The van der Waals surface area contributed by atoms with Gasteiger partial charge in [-0.3, -0.25) is 0 Å². The molecule has 0 spiro atoms. The third-order valence-electron chi connectivity index (χ3n) is 9.83. The SMILES string of the molecule is CCCCCC1CCC(C2CCC3CC(c4ccc5c(F)c(F)ccc5c4)CCC3C2)CC1. The van der Waals surface area contributed by atoms with Gasteiger partial charge in [0.2, 0.25) is 0 Å². The summed E-state index contributed by atoms with van der Waals surface area (Å²) >= 11 is 0. The highest BCUT2D eigenvalue weighted by atomic mass is 19.2. The van der Waals surface area contributed by atoms with Crippen LogP contribution >= 0.6 is 0 Å². The molecule has 0 amide bonds. The minimum absolute atomic E-state index is 0.410. The average Bonchev–Trinajstić information content (AvgIpc) is 2.86. The molecule has 3 saturated carbocycles. The van der Waals surface area contributed by atoms with Crippen LogP contribution in [0, 0.1) is 41.2 Å². The summed E-state index contributed by atoms with van der Waals surface area (Å²) in [7, 11) is 0. The summed E-state index contributed by atoms with van der Waals surface area (Å²) in [5.41, 5.74) is 1.33. The molecule has 2 heteroatoms. The molecule has 0 nitrogen and oxygen atoms in total. The Morgan fingerprint density at radius 1 is 0.727 bits per heavy atom. The van der Waals surface area contributed by atoms with E-state index in [9.17, 15) is 8.78 Å². The fourth-order valence-corrected chi connectivity index (χ4v) is 7.83. The molecular weight excluding hydrogens is 410 g/mol. The summed E-state index contributed by atoms with van der Waals surface area (Å²) < 4.78 is 27.7. The molecule has 0 radical (unpaired) electrons. The molecule has 0 N–H and O–H groups in total. The third kappa shape index (κ3) is 5.15. The third-order valence-corrected chi connectivity index (χ3v) is 9.83. The normalized spacial score (nSPS) is 32.6. The van der Waals surface area contributed by atoms with Gasteiger partial charge in [0, 0.05) is 5.39 Å². The first kappa shape index (κ1) is 23.3. The smallest absolute Gasteiger partial charge is 0.166 e. The highest BCUT2D eigenvalue weighted by Gasteiger charge is 2.39. The van der Waals surface area contributed by atoms with E-state index in [1.807, 2.05) is 0 Å². The predicted octanol–water partition coefficient (Wildman–Crippen LogP) is 9.80. The number of halogens is 2. The van der Waals surface area contributed by atoms with Crippen molar-refractivity contribution in [3.63, 3.8) is 0 Å². The van der Waals surface area contributed by atoms with E-state index in [0.29, 0.717) is 11.3 Å². The molecule has 3 fully saturated rings. The standard InChI is InChI=1S/C31H42F2/c1-2-3-4-5-21-6-8-22(9-7-21)23-10-11-25-19-26(13-12-24(25)18-23)27-14-16-29-28(20-27)15-17-30(32)31(29)33/h14-17,20-26H,2-13,18-19H2,1H3. The summed E-state index contributed by atoms with van der Waals surface area (Å²) in [6.45, 7) is 2.31.